The molecular formula is C13H18ClNO. The van der Waals surface area contributed by atoms with E-state index in [4.69, 9.17) is 4.74 Å². The van der Waals surface area contributed by atoms with E-state index in [1.54, 1.807) is 7.11 Å². The van der Waals surface area contributed by atoms with Gasteiger partial charge in [-0.3, -0.25) is 0 Å². The molecule has 1 aromatic carbocycles. The summed E-state index contributed by atoms with van der Waals surface area (Å²) < 4.78 is 5.27. The fourth-order valence-electron chi connectivity index (χ4n) is 3.05. The second-order valence-corrected chi connectivity index (χ2v) is 4.78. The molecule has 2 atom stereocenters. The van der Waals surface area contributed by atoms with E-state index < -0.39 is 0 Å². The van der Waals surface area contributed by atoms with Crippen molar-refractivity contribution in [3.63, 3.8) is 0 Å². The molecule has 3 heteroatoms. The Morgan fingerprint density at radius 1 is 1.44 bits per heavy atom. The SMILES string of the molecule is COCc1ccccc1C12CNCC1C2.Cl. The lowest BCUT2D eigenvalue weighted by atomic mass is 9.91. The van der Waals surface area contributed by atoms with Gasteiger partial charge < -0.3 is 10.1 Å². The molecule has 1 aliphatic heterocycles. The van der Waals surface area contributed by atoms with E-state index in [1.165, 1.54) is 24.1 Å². The first-order chi connectivity index (χ1) is 7.37. The van der Waals surface area contributed by atoms with Crippen molar-refractivity contribution in [2.24, 2.45) is 5.92 Å². The summed E-state index contributed by atoms with van der Waals surface area (Å²) in [5.74, 6) is 0.871. The average Bonchev–Trinajstić information content (AvgIpc) is 2.83. The highest BCUT2D eigenvalue weighted by atomic mass is 35.5. The molecule has 2 aliphatic rings. The third kappa shape index (κ3) is 1.65. The molecule has 0 radical (unpaired) electrons. The predicted octanol–water partition coefficient (Wildman–Crippen LogP) is 2.12. The molecule has 1 aliphatic carbocycles. The van der Waals surface area contributed by atoms with Crippen molar-refractivity contribution in [3.8, 4) is 0 Å². The molecule has 2 nitrogen and oxygen atoms in total. The molecule has 3 rings (SSSR count). The van der Waals surface area contributed by atoms with Crippen LogP contribution in [-0.4, -0.2) is 20.2 Å². The quantitative estimate of drug-likeness (QED) is 0.873. The van der Waals surface area contributed by atoms with Gasteiger partial charge in [0.25, 0.3) is 0 Å². The van der Waals surface area contributed by atoms with Crippen molar-refractivity contribution < 1.29 is 4.74 Å². The Balaban J connectivity index is 0.000000963. The first-order valence-electron chi connectivity index (χ1n) is 5.65. The van der Waals surface area contributed by atoms with Crippen LogP contribution in [0, 0.1) is 5.92 Å². The Morgan fingerprint density at radius 3 is 2.88 bits per heavy atom. The molecular weight excluding hydrogens is 222 g/mol. The largest absolute Gasteiger partial charge is 0.380 e. The van der Waals surface area contributed by atoms with Gasteiger partial charge >= 0.3 is 0 Å². The van der Waals surface area contributed by atoms with Crippen molar-refractivity contribution >= 4 is 12.4 Å². The van der Waals surface area contributed by atoms with E-state index in [0.29, 0.717) is 5.41 Å². The second kappa shape index (κ2) is 4.36. The van der Waals surface area contributed by atoms with Gasteiger partial charge in [0.1, 0.15) is 0 Å². The summed E-state index contributed by atoms with van der Waals surface area (Å²) in [5, 5.41) is 3.49. The smallest absolute Gasteiger partial charge is 0.0715 e. The number of rotatable bonds is 3. The van der Waals surface area contributed by atoms with Crippen molar-refractivity contribution in [2.75, 3.05) is 20.2 Å². The monoisotopic (exact) mass is 239 g/mol. The number of ether oxygens (including phenoxy) is 1. The number of benzene rings is 1. The van der Waals surface area contributed by atoms with Gasteiger partial charge in [-0.15, -0.1) is 12.4 Å². The van der Waals surface area contributed by atoms with E-state index in [-0.39, 0.29) is 12.4 Å². The number of halogens is 1. The molecule has 1 saturated carbocycles. The van der Waals surface area contributed by atoms with Crippen LogP contribution >= 0.6 is 12.4 Å². The van der Waals surface area contributed by atoms with E-state index in [2.05, 4.69) is 29.6 Å². The highest BCUT2D eigenvalue weighted by molar-refractivity contribution is 5.85. The number of hydrogen-bond donors (Lipinski definition) is 1. The summed E-state index contributed by atoms with van der Waals surface area (Å²) in [6.07, 6.45) is 1.36. The first kappa shape index (κ1) is 11.9. The van der Waals surface area contributed by atoms with Gasteiger partial charge in [0.2, 0.25) is 0 Å². The molecule has 0 spiro atoms. The van der Waals surface area contributed by atoms with E-state index in [9.17, 15) is 0 Å². The Morgan fingerprint density at radius 2 is 2.25 bits per heavy atom. The Kier molecular flexibility index (Phi) is 3.24. The minimum atomic E-state index is 0. The Bertz CT molecular complexity index is 382. The lowest BCUT2D eigenvalue weighted by Crippen LogP contribution is -2.20. The maximum Gasteiger partial charge on any atom is 0.0715 e. The zero-order chi connectivity index (χ0) is 10.3. The van der Waals surface area contributed by atoms with Gasteiger partial charge in [-0.1, -0.05) is 24.3 Å². The Hall–Kier alpha value is -0.570. The van der Waals surface area contributed by atoms with Crippen molar-refractivity contribution in [1.82, 2.24) is 5.32 Å². The molecule has 0 bridgehead atoms. The Labute approximate surface area is 103 Å². The zero-order valence-electron chi connectivity index (χ0n) is 9.53. The molecule has 1 saturated heterocycles. The third-order valence-corrected chi connectivity index (χ3v) is 3.92. The lowest BCUT2D eigenvalue weighted by molar-refractivity contribution is 0.183. The molecule has 2 fully saturated rings. The summed E-state index contributed by atoms with van der Waals surface area (Å²) in [7, 11) is 1.77. The van der Waals surface area contributed by atoms with Gasteiger partial charge in [0.05, 0.1) is 6.61 Å². The molecule has 1 heterocycles. The third-order valence-electron chi connectivity index (χ3n) is 3.92. The van der Waals surface area contributed by atoms with Gasteiger partial charge in [0.15, 0.2) is 0 Å². The van der Waals surface area contributed by atoms with E-state index >= 15 is 0 Å². The van der Waals surface area contributed by atoms with Gasteiger partial charge in [-0.2, -0.15) is 0 Å². The molecule has 16 heavy (non-hydrogen) atoms. The number of piperidine rings is 1. The van der Waals surface area contributed by atoms with Gasteiger partial charge in [-0.05, 0) is 30.0 Å². The molecule has 88 valence electrons. The van der Waals surface area contributed by atoms with E-state index in [0.717, 1.165) is 19.1 Å². The molecule has 0 aromatic heterocycles. The number of fused-ring (bicyclic) bond motifs is 1. The van der Waals surface area contributed by atoms with Crippen LogP contribution in [-0.2, 0) is 16.8 Å². The van der Waals surface area contributed by atoms with Crippen LogP contribution in [0.1, 0.15) is 17.5 Å². The second-order valence-electron chi connectivity index (χ2n) is 4.78. The van der Waals surface area contributed by atoms with Crippen LogP contribution in [0.2, 0.25) is 0 Å². The van der Waals surface area contributed by atoms with Crippen LogP contribution in [0.3, 0.4) is 0 Å². The highest BCUT2D eigenvalue weighted by Crippen LogP contribution is 2.57. The zero-order valence-corrected chi connectivity index (χ0v) is 10.3. The number of hydrogen-bond acceptors (Lipinski definition) is 2. The fourth-order valence-corrected chi connectivity index (χ4v) is 3.05. The van der Waals surface area contributed by atoms with Crippen molar-refractivity contribution in [3.05, 3.63) is 35.4 Å². The van der Waals surface area contributed by atoms with Gasteiger partial charge in [0, 0.05) is 19.1 Å². The van der Waals surface area contributed by atoms with Crippen molar-refractivity contribution in [2.45, 2.75) is 18.4 Å². The maximum absolute atomic E-state index is 5.27. The fraction of sp³-hybridized carbons (Fsp3) is 0.538. The summed E-state index contributed by atoms with van der Waals surface area (Å²) in [6.45, 7) is 3.09. The standard InChI is InChI=1S/C13H17NO.ClH/c1-15-8-10-4-2-3-5-12(10)13-6-11(13)7-14-9-13;/h2-5,11,14H,6-9H2,1H3;1H. The van der Waals surface area contributed by atoms with E-state index in [1.807, 2.05) is 0 Å². The van der Waals surface area contributed by atoms with Crippen LogP contribution < -0.4 is 5.32 Å². The summed E-state index contributed by atoms with van der Waals surface area (Å²) in [6, 6.07) is 8.73. The highest BCUT2D eigenvalue weighted by Gasteiger charge is 2.58. The summed E-state index contributed by atoms with van der Waals surface area (Å²) in [4.78, 5) is 0. The van der Waals surface area contributed by atoms with Crippen LogP contribution in [0.4, 0.5) is 0 Å². The minimum Gasteiger partial charge on any atom is -0.380 e. The van der Waals surface area contributed by atoms with Crippen LogP contribution in [0.5, 0.6) is 0 Å². The summed E-state index contributed by atoms with van der Waals surface area (Å²) in [5.41, 5.74) is 3.34. The van der Waals surface area contributed by atoms with Crippen LogP contribution in [0.15, 0.2) is 24.3 Å². The normalized spacial score (nSPS) is 30.7. The average molecular weight is 240 g/mol. The number of methoxy groups -OCH3 is 1. The lowest BCUT2D eigenvalue weighted by Gasteiger charge is -2.16. The maximum atomic E-state index is 5.27. The number of nitrogens with one attached hydrogen (secondary N) is 1. The minimum absolute atomic E-state index is 0. The first-order valence-corrected chi connectivity index (χ1v) is 5.65. The molecule has 2 unspecified atom stereocenters. The van der Waals surface area contributed by atoms with Gasteiger partial charge in [-0.25, -0.2) is 0 Å². The molecule has 0 amide bonds. The predicted molar refractivity (Wildman–Crippen MR) is 67.1 cm³/mol. The van der Waals surface area contributed by atoms with Crippen LogP contribution in [0.25, 0.3) is 0 Å². The molecule has 1 aromatic rings. The van der Waals surface area contributed by atoms with Crippen molar-refractivity contribution in [1.29, 1.82) is 0 Å². The topological polar surface area (TPSA) is 21.3 Å². The molecule has 1 N–H and O–H groups in total. The summed E-state index contributed by atoms with van der Waals surface area (Å²) >= 11 is 0.